The van der Waals surface area contributed by atoms with Crippen molar-refractivity contribution in [1.29, 1.82) is 0 Å². The highest BCUT2D eigenvalue weighted by Gasteiger charge is 2.34. The van der Waals surface area contributed by atoms with E-state index in [1.165, 1.54) is 0 Å². The van der Waals surface area contributed by atoms with Crippen LogP contribution in [0.1, 0.15) is 10.4 Å². The van der Waals surface area contributed by atoms with Crippen LogP contribution in [0.2, 0.25) is 0 Å². The molecule has 18 heavy (non-hydrogen) atoms. The Kier molecular flexibility index (Phi) is 3.74. The number of ether oxygens (including phenoxy) is 2. The van der Waals surface area contributed by atoms with Gasteiger partial charge in [-0.1, -0.05) is 0 Å². The zero-order chi connectivity index (χ0) is 13.9. The van der Waals surface area contributed by atoms with E-state index in [-0.39, 0.29) is 5.56 Å². The number of esters is 1. The van der Waals surface area contributed by atoms with E-state index in [0.717, 1.165) is 13.2 Å². The molecule has 0 aromatic heterocycles. The van der Waals surface area contributed by atoms with E-state index in [2.05, 4.69) is 9.47 Å². The first-order valence-corrected chi connectivity index (χ1v) is 4.37. The molecule has 0 saturated heterocycles. The lowest BCUT2D eigenvalue weighted by Gasteiger charge is -2.09. The van der Waals surface area contributed by atoms with Crippen molar-refractivity contribution in [2.75, 3.05) is 7.11 Å². The molecule has 0 aliphatic heterocycles. The second kappa shape index (κ2) is 4.90. The van der Waals surface area contributed by atoms with E-state index in [1.807, 2.05) is 0 Å². The number of nitro benzene ring substituents is 1. The van der Waals surface area contributed by atoms with E-state index >= 15 is 0 Å². The first-order valence-electron chi connectivity index (χ1n) is 4.37. The second-order valence-electron chi connectivity index (χ2n) is 2.98. The molecule has 1 rings (SSSR count). The van der Waals surface area contributed by atoms with E-state index < -0.39 is 28.7 Å². The molecule has 98 valence electrons. The molecule has 0 heterocycles. The number of benzene rings is 1. The van der Waals surface area contributed by atoms with Gasteiger partial charge in [0.2, 0.25) is 5.75 Å². The van der Waals surface area contributed by atoms with Gasteiger partial charge in [0, 0.05) is 6.07 Å². The topological polar surface area (TPSA) is 78.7 Å². The van der Waals surface area contributed by atoms with Crippen LogP contribution in [-0.4, -0.2) is 24.4 Å². The molecule has 1 aromatic carbocycles. The summed E-state index contributed by atoms with van der Waals surface area (Å²) in [5.74, 6) is -1.91. The number of carbonyl (C=O) groups excluding carboxylic acids is 1. The van der Waals surface area contributed by atoms with Crippen LogP contribution in [-0.2, 0) is 4.74 Å². The predicted octanol–water partition coefficient (Wildman–Crippen LogP) is 2.28. The molecule has 0 fully saturated rings. The Hall–Kier alpha value is -2.32. The zero-order valence-corrected chi connectivity index (χ0v) is 8.85. The third-order valence-electron chi connectivity index (χ3n) is 1.80. The Morgan fingerprint density at radius 3 is 2.44 bits per heavy atom. The van der Waals surface area contributed by atoms with E-state index in [1.54, 1.807) is 0 Å². The summed E-state index contributed by atoms with van der Waals surface area (Å²) in [6.45, 7) is 0. The quantitative estimate of drug-likeness (QED) is 0.476. The minimum absolute atomic E-state index is 0.251. The molecular weight excluding hydrogens is 259 g/mol. The Bertz CT molecular complexity index is 486. The molecule has 0 atom stereocenters. The lowest BCUT2D eigenvalue weighted by molar-refractivity contribution is -0.388. The monoisotopic (exact) mass is 265 g/mol. The minimum atomic E-state index is -5.06. The largest absolute Gasteiger partial charge is 0.573 e. The highest BCUT2D eigenvalue weighted by Crippen LogP contribution is 2.32. The van der Waals surface area contributed by atoms with Crippen molar-refractivity contribution in [2.45, 2.75) is 6.36 Å². The Morgan fingerprint density at radius 1 is 1.39 bits per heavy atom. The van der Waals surface area contributed by atoms with Crippen LogP contribution < -0.4 is 4.74 Å². The number of methoxy groups -OCH3 is 1. The molecule has 0 bridgehead atoms. The number of nitrogens with zero attached hydrogens (tertiary/aromatic N) is 1. The van der Waals surface area contributed by atoms with Crippen LogP contribution in [0.4, 0.5) is 18.9 Å². The smallest absolute Gasteiger partial charge is 0.465 e. The molecule has 0 N–H and O–H groups in total. The predicted molar refractivity (Wildman–Crippen MR) is 51.1 cm³/mol. The van der Waals surface area contributed by atoms with Gasteiger partial charge in [-0.3, -0.25) is 10.1 Å². The maximum Gasteiger partial charge on any atom is 0.573 e. The van der Waals surface area contributed by atoms with E-state index in [4.69, 9.17) is 0 Å². The van der Waals surface area contributed by atoms with Gasteiger partial charge >= 0.3 is 18.0 Å². The van der Waals surface area contributed by atoms with Gasteiger partial charge in [0.15, 0.2) is 0 Å². The molecule has 0 aliphatic carbocycles. The fourth-order valence-corrected chi connectivity index (χ4v) is 1.12. The number of carbonyl (C=O) groups is 1. The second-order valence-corrected chi connectivity index (χ2v) is 2.98. The fourth-order valence-electron chi connectivity index (χ4n) is 1.12. The maximum atomic E-state index is 12.0. The first-order chi connectivity index (χ1) is 8.24. The molecule has 0 saturated carbocycles. The fraction of sp³-hybridized carbons (Fsp3) is 0.222. The van der Waals surface area contributed by atoms with Crippen LogP contribution in [0.25, 0.3) is 0 Å². The maximum absolute atomic E-state index is 12.0. The molecule has 0 amide bonds. The summed E-state index contributed by atoms with van der Waals surface area (Å²) in [4.78, 5) is 20.6. The lowest BCUT2D eigenvalue weighted by atomic mass is 10.2. The van der Waals surface area contributed by atoms with Crippen LogP contribution in [0.15, 0.2) is 18.2 Å². The van der Waals surface area contributed by atoms with Crippen molar-refractivity contribution in [2.24, 2.45) is 0 Å². The molecule has 0 radical (unpaired) electrons. The van der Waals surface area contributed by atoms with Crippen LogP contribution in [0.5, 0.6) is 5.75 Å². The first kappa shape index (κ1) is 13.7. The third kappa shape index (κ3) is 3.34. The van der Waals surface area contributed by atoms with Crippen molar-refractivity contribution in [3.63, 3.8) is 0 Å². The summed E-state index contributed by atoms with van der Waals surface area (Å²) in [6, 6.07) is 2.25. The Labute approximate surface area is 98.1 Å². The highest BCUT2D eigenvalue weighted by atomic mass is 19.4. The van der Waals surface area contributed by atoms with E-state index in [0.29, 0.717) is 12.1 Å². The molecule has 0 unspecified atom stereocenters. The van der Waals surface area contributed by atoms with E-state index in [9.17, 15) is 28.1 Å². The summed E-state index contributed by atoms with van der Waals surface area (Å²) in [7, 11) is 1.04. The van der Waals surface area contributed by atoms with Gasteiger partial charge in [-0.15, -0.1) is 13.2 Å². The summed E-state index contributed by atoms with van der Waals surface area (Å²) in [6.07, 6.45) is -5.06. The van der Waals surface area contributed by atoms with Crippen molar-refractivity contribution >= 4 is 11.7 Å². The highest BCUT2D eigenvalue weighted by molar-refractivity contribution is 5.90. The third-order valence-corrected chi connectivity index (χ3v) is 1.80. The van der Waals surface area contributed by atoms with Gasteiger partial charge < -0.3 is 9.47 Å². The number of nitro groups is 1. The van der Waals surface area contributed by atoms with Gasteiger partial charge in [-0.25, -0.2) is 4.79 Å². The molecule has 0 aliphatic rings. The number of hydrogen-bond acceptors (Lipinski definition) is 5. The summed E-state index contributed by atoms with van der Waals surface area (Å²) in [5.41, 5.74) is -1.23. The van der Waals surface area contributed by atoms with Crippen molar-refractivity contribution < 1.29 is 32.4 Å². The molecular formula is C9H6F3NO5. The average molecular weight is 265 g/mol. The molecule has 1 aromatic rings. The van der Waals surface area contributed by atoms with Crippen LogP contribution in [0.3, 0.4) is 0 Å². The van der Waals surface area contributed by atoms with Gasteiger partial charge in [0.1, 0.15) is 0 Å². The zero-order valence-electron chi connectivity index (χ0n) is 8.85. The van der Waals surface area contributed by atoms with Gasteiger partial charge in [-0.2, -0.15) is 0 Å². The normalized spacial score (nSPS) is 10.9. The number of alkyl halides is 3. The lowest BCUT2D eigenvalue weighted by Crippen LogP contribution is -2.18. The Morgan fingerprint density at radius 2 is 2.00 bits per heavy atom. The van der Waals surface area contributed by atoms with Gasteiger partial charge in [0.25, 0.3) is 0 Å². The SMILES string of the molecule is COC(=O)c1ccc(OC(F)(F)F)c([N+](=O)[O-])c1. The van der Waals surface area contributed by atoms with Crippen LogP contribution in [0, 0.1) is 10.1 Å². The number of halogens is 3. The standard InChI is InChI=1S/C9H6F3NO5/c1-17-8(14)5-2-3-7(18-9(10,11)12)6(4-5)13(15)16/h2-4H,1H3. The van der Waals surface area contributed by atoms with Crippen molar-refractivity contribution in [3.8, 4) is 5.75 Å². The number of hydrogen-bond donors (Lipinski definition) is 0. The summed E-state index contributed by atoms with van der Waals surface area (Å²) < 4.78 is 43.7. The number of rotatable bonds is 3. The average Bonchev–Trinajstić information content (AvgIpc) is 2.26. The molecule has 6 nitrogen and oxygen atoms in total. The van der Waals surface area contributed by atoms with Crippen LogP contribution >= 0.6 is 0 Å². The molecule has 0 spiro atoms. The summed E-state index contributed by atoms with van der Waals surface area (Å²) >= 11 is 0. The summed E-state index contributed by atoms with van der Waals surface area (Å²) in [5, 5.41) is 10.6. The van der Waals surface area contributed by atoms with Gasteiger partial charge in [0.05, 0.1) is 17.6 Å². The van der Waals surface area contributed by atoms with Gasteiger partial charge in [-0.05, 0) is 12.1 Å². The van der Waals surface area contributed by atoms with Crippen molar-refractivity contribution in [1.82, 2.24) is 0 Å². The van der Waals surface area contributed by atoms with Crippen molar-refractivity contribution in [3.05, 3.63) is 33.9 Å². The molecule has 9 heteroatoms. The Balaban J connectivity index is 3.21. The minimum Gasteiger partial charge on any atom is -0.465 e.